The molecule has 0 aliphatic carbocycles. The van der Waals surface area contributed by atoms with Gasteiger partial charge >= 0.3 is 5.97 Å². The third kappa shape index (κ3) is 4.03. The molecule has 1 aromatic heterocycles. The second-order valence-corrected chi connectivity index (χ2v) is 6.05. The van der Waals surface area contributed by atoms with Crippen LogP contribution in [0.2, 0.25) is 0 Å². The molecule has 0 bridgehead atoms. The highest BCUT2D eigenvalue weighted by Crippen LogP contribution is 2.19. The number of fused-ring (bicyclic) bond motifs is 1. The number of carboxylic acid groups (broad SMARTS) is 1. The smallest absolute Gasteiger partial charge is 0.326 e. The zero-order chi connectivity index (χ0) is 18.5. The lowest BCUT2D eigenvalue weighted by Crippen LogP contribution is -2.43. The van der Waals surface area contributed by atoms with Gasteiger partial charge in [-0.1, -0.05) is 30.3 Å². The summed E-state index contributed by atoms with van der Waals surface area (Å²) < 4.78 is 5.08. The van der Waals surface area contributed by atoms with E-state index >= 15 is 0 Å². The van der Waals surface area contributed by atoms with E-state index in [1.54, 1.807) is 37.6 Å². The van der Waals surface area contributed by atoms with Crippen LogP contribution in [-0.4, -0.2) is 35.1 Å². The van der Waals surface area contributed by atoms with Crippen molar-refractivity contribution in [1.29, 1.82) is 0 Å². The summed E-state index contributed by atoms with van der Waals surface area (Å²) in [6.07, 6.45) is 2.12. The maximum absolute atomic E-state index is 12.3. The molecule has 0 fully saturated rings. The monoisotopic (exact) mass is 352 g/mol. The fourth-order valence-electron chi connectivity index (χ4n) is 2.89. The van der Waals surface area contributed by atoms with E-state index in [-0.39, 0.29) is 18.7 Å². The highest BCUT2D eigenvalue weighted by molar-refractivity contribution is 5.87. The number of nitrogens with one attached hydrogen (secondary N) is 2. The Bertz CT molecular complexity index is 915. The van der Waals surface area contributed by atoms with E-state index in [2.05, 4.69) is 10.3 Å². The minimum absolute atomic E-state index is 0.113. The Hall–Kier alpha value is -3.28. The van der Waals surface area contributed by atoms with Crippen LogP contribution in [0.4, 0.5) is 0 Å². The molecule has 3 N–H and O–H groups in total. The number of aliphatic carboxylic acids is 1. The number of hydrogen-bond donors (Lipinski definition) is 3. The van der Waals surface area contributed by atoms with Crippen LogP contribution in [0.5, 0.6) is 5.75 Å². The molecule has 6 heteroatoms. The van der Waals surface area contributed by atoms with Crippen molar-refractivity contribution >= 4 is 22.8 Å². The third-order valence-corrected chi connectivity index (χ3v) is 4.26. The third-order valence-electron chi connectivity index (χ3n) is 4.26. The second kappa shape index (κ2) is 7.74. The molecule has 3 rings (SSSR count). The molecule has 0 aliphatic rings. The Kier molecular flexibility index (Phi) is 5.22. The van der Waals surface area contributed by atoms with Crippen molar-refractivity contribution in [1.82, 2.24) is 10.3 Å². The van der Waals surface area contributed by atoms with Crippen molar-refractivity contribution in [2.75, 3.05) is 7.11 Å². The highest BCUT2D eigenvalue weighted by Gasteiger charge is 2.22. The number of para-hydroxylation sites is 1. The van der Waals surface area contributed by atoms with E-state index in [1.165, 1.54) is 0 Å². The van der Waals surface area contributed by atoms with E-state index < -0.39 is 12.0 Å². The van der Waals surface area contributed by atoms with Crippen LogP contribution in [-0.2, 0) is 22.4 Å². The maximum atomic E-state index is 12.3. The van der Waals surface area contributed by atoms with Crippen molar-refractivity contribution in [2.24, 2.45) is 0 Å². The first-order valence-corrected chi connectivity index (χ1v) is 8.27. The molecule has 6 nitrogen and oxygen atoms in total. The first-order valence-electron chi connectivity index (χ1n) is 8.27. The molecule has 0 spiro atoms. The number of aromatic amines is 1. The van der Waals surface area contributed by atoms with Crippen LogP contribution < -0.4 is 10.1 Å². The van der Waals surface area contributed by atoms with Gasteiger partial charge in [0.25, 0.3) is 0 Å². The minimum Gasteiger partial charge on any atom is -0.497 e. The molecule has 26 heavy (non-hydrogen) atoms. The summed E-state index contributed by atoms with van der Waals surface area (Å²) in [5.74, 6) is -0.683. The topological polar surface area (TPSA) is 91.4 Å². The van der Waals surface area contributed by atoms with Crippen LogP contribution in [0.3, 0.4) is 0 Å². The number of H-pyrrole nitrogens is 1. The van der Waals surface area contributed by atoms with Gasteiger partial charge in [0, 0.05) is 23.5 Å². The number of methoxy groups -OCH3 is 1. The number of amides is 1. The second-order valence-electron chi connectivity index (χ2n) is 6.05. The average molecular weight is 352 g/mol. The molecule has 1 atom stereocenters. The Morgan fingerprint density at radius 2 is 1.88 bits per heavy atom. The van der Waals surface area contributed by atoms with Crippen LogP contribution in [0, 0.1) is 0 Å². The van der Waals surface area contributed by atoms with Gasteiger partial charge in [0.1, 0.15) is 11.8 Å². The van der Waals surface area contributed by atoms with Gasteiger partial charge in [-0.3, -0.25) is 4.79 Å². The number of rotatable bonds is 7. The van der Waals surface area contributed by atoms with Gasteiger partial charge in [0.05, 0.1) is 13.5 Å². The maximum Gasteiger partial charge on any atom is 0.326 e. The summed E-state index contributed by atoms with van der Waals surface area (Å²) in [5, 5.41) is 13.1. The molecule has 1 heterocycles. The first kappa shape index (κ1) is 17.5. The average Bonchev–Trinajstić information content (AvgIpc) is 3.05. The van der Waals surface area contributed by atoms with Crippen LogP contribution in [0.1, 0.15) is 11.1 Å². The van der Waals surface area contributed by atoms with Crippen LogP contribution in [0.15, 0.2) is 54.7 Å². The van der Waals surface area contributed by atoms with Crippen molar-refractivity contribution in [3.63, 3.8) is 0 Å². The van der Waals surface area contributed by atoms with Crippen LogP contribution >= 0.6 is 0 Å². The van der Waals surface area contributed by atoms with Gasteiger partial charge in [0.15, 0.2) is 0 Å². The SMILES string of the molecule is COc1ccc(CC(=O)N[C@@H](Cc2c[nH]c3ccccc23)C(=O)O)cc1. The Morgan fingerprint density at radius 1 is 1.15 bits per heavy atom. The molecular formula is C20H20N2O4. The van der Waals surface area contributed by atoms with Crippen molar-refractivity contribution in [3.05, 3.63) is 65.9 Å². The van der Waals surface area contributed by atoms with E-state index in [1.807, 2.05) is 24.3 Å². The number of aromatic nitrogens is 1. The molecule has 0 unspecified atom stereocenters. The molecule has 0 radical (unpaired) electrons. The Balaban J connectivity index is 1.67. The van der Waals surface area contributed by atoms with E-state index in [9.17, 15) is 14.7 Å². The van der Waals surface area contributed by atoms with Crippen molar-refractivity contribution < 1.29 is 19.4 Å². The number of ether oxygens (including phenoxy) is 1. The number of benzene rings is 2. The zero-order valence-electron chi connectivity index (χ0n) is 14.4. The number of carboxylic acids is 1. The molecule has 0 saturated carbocycles. The largest absolute Gasteiger partial charge is 0.497 e. The zero-order valence-corrected chi connectivity index (χ0v) is 14.4. The predicted molar refractivity (Wildman–Crippen MR) is 98.3 cm³/mol. The lowest BCUT2D eigenvalue weighted by molar-refractivity contribution is -0.141. The lowest BCUT2D eigenvalue weighted by atomic mass is 10.0. The standard InChI is InChI=1S/C20H20N2O4/c1-26-15-8-6-13(7-9-15)10-19(23)22-18(20(24)25)11-14-12-21-17-5-3-2-4-16(14)17/h2-9,12,18,21H,10-11H2,1H3,(H,22,23)(H,24,25)/t18-/m0/s1. The molecule has 1 amide bonds. The molecule has 0 aliphatic heterocycles. The van der Waals surface area contributed by atoms with Crippen LogP contribution in [0.25, 0.3) is 10.9 Å². The van der Waals surface area contributed by atoms with Gasteiger partial charge in [-0.25, -0.2) is 4.79 Å². The van der Waals surface area contributed by atoms with Gasteiger partial charge in [-0.2, -0.15) is 0 Å². The van der Waals surface area contributed by atoms with Gasteiger partial charge in [0.2, 0.25) is 5.91 Å². The van der Waals surface area contributed by atoms with Gasteiger partial charge in [-0.05, 0) is 29.3 Å². The summed E-state index contributed by atoms with van der Waals surface area (Å²) in [6, 6.07) is 13.8. The first-order chi connectivity index (χ1) is 12.6. The molecule has 3 aromatic rings. The van der Waals surface area contributed by atoms with E-state index in [4.69, 9.17) is 4.74 Å². The van der Waals surface area contributed by atoms with Gasteiger partial charge < -0.3 is 20.1 Å². The van der Waals surface area contributed by atoms with E-state index in [0.717, 1.165) is 22.0 Å². The van der Waals surface area contributed by atoms with Crippen molar-refractivity contribution in [3.8, 4) is 5.75 Å². The van der Waals surface area contributed by atoms with E-state index in [0.29, 0.717) is 5.75 Å². The molecule has 0 saturated heterocycles. The van der Waals surface area contributed by atoms with Crippen molar-refractivity contribution in [2.45, 2.75) is 18.9 Å². The summed E-state index contributed by atoms with van der Waals surface area (Å²) in [4.78, 5) is 27.0. The summed E-state index contributed by atoms with van der Waals surface area (Å²) >= 11 is 0. The highest BCUT2D eigenvalue weighted by atomic mass is 16.5. The summed E-state index contributed by atoms with van der Waals surface area (Å²) in [7, 11) is 1.57. The Labute approximate surface area is 150 Å². The minimum atomic E-state index is -1.06. The van der Waals surface area contributed by atoms with Gasteiger partial charge in [-0.15, -0.1) is 0 Å². The summed E-state index contributed by atoms with van der Waals surface area (Å²) in [6.45, 7) is 0. The fourth-order valence-corrected chi connectivity index (χ4v) is 2.89. The molecule has 134 valence electrons. The number of hydrogen-bond acceptors (Lipinski definition) is 3. The number of carbonyl (C=O) groups excluding carboxylic acids is 1. The fraction of sp³-hybridized carbons (Fsp3) is 0.200. The lowest BCUT2D eigenvalue weighted by Gasteiger charge is -2.14. The quantitative estimate of drug-likeness (QED) is 0.609. The number of carbonyl (C=O) groups is 2. The normalized spacial score (nSPS) is 11.9. The summed E-state index contributed by atoms with van der Waals surface area (Å²) in [5.41, 5.74) is 2.59. The molecular weight excluding hydrogens is 332 g/mol. The predicted octanol–water partition coefficient (Wildman–Crippen LogP) is 2.53. The Morgan fingerprint density at radius 3 is 2.58 bits per heavy atom. The molecule has 2 aromatic carbocycles.